The molecule has 3 nitrogen and oxygen atoms in total. The third-order valence-corrected chi connectivity index (χ3v) is 2.99. The molecule has 0 amide bonds. The van der Waals surface area contributed by atoms with Crippen LogP contribution in [0.2, 0.25) is 5.02 Å². The Hall–Kier alpha value is -1.87. The lowest BCUT2D eigenvalue weighted by Gasteiger charge is -2.10. The van der Waals surface area contributed by atoms with E-state index in [2.05, 4.69) is 5.32 Å². The second-order valence-electron chi connectivity index (χ2n) is 3.90. The van der Waals surface area contributed by atoms with Crippen molar-refractivity contribution in [2.45, 2.75) is 6.54 Å². The lowest BCUT2D eigenvalue weighted by molar-refractivity contribution is 0.415. The highest BCUT2D eigenvalue weighted by atomic mass is 35.5. The highest BCUT2D eigenvalue weighted by Gasteiger charge is 2.02. The summed E-state index contributed by atoms with van der Waals surface area (Å²) in [4.78, 5) is 0. The van der Waals surface area contributed by atoms with Crippen molar-refractivity contribution in [2.75, 3.05) is 18.2 Å². The Morgan fingerprint density at radius 1 is 1.22 bits per heavy atom. The summed E-state index contributed by atoms with van der Waals surface area (Å²) in [5.74, 6) is 0.668. The van der Waals surface area contributed by atoms with Gasteiger partial charge in [0.15, 0.2) is 0 Å². The average molecular weight is 263 g/mol. The van der Waals surface area contributed by atoms with E-state index in [1.165, 1.54) is 0 Å². The van der Waals surface area contributed by atoms with Crippen LogP contribution in [-0.4, -0.2) is 7.11 Å². The fourth-order valence-electron chi connectivity index (χ4n) is 1.67. The SMILES string of the molecule is COc1ccc(NCc2ccccc2N)cc1Cl. The molecule has 0 saturated heterocycles. The first-order valence-electron chi connectivity index (χ1n) is 5.61. The van der Waals surface area contributed by atoms with Gasteiger partial charge in [0.05, 0.1) is 12.1 Å². The smallest absolute Gasteiger partial charge is 0.137 e. The van der Waals surface area contributed by atoms with Gasteiger partial charge in [-0.25, -0.2) is 0 Å². The Kier molecular flexibility index (Phi) is 3.95. The molecule has 2 rings (SSSR count). The predicted octanol–water partition coefficient (Wildman–Crippen LogP) is 3.54. The molecule has 0 bridgehead atoms. The molecule has 0 aromatic heterocycles. The van der Waals surface area contributed by atoms with Crippen LogP contribution in [0.1, 0.15) is 5.56 Å². The van der Waals surface area contributed by atoms with Crippen LogP contribution in [0, 0.1) is 0 Å². The van der Waals surface area contributed by atoms with E-state index in [0.29, 0.717) is 17.3 Å². The number of para-hydroxylation sites is 1. The molecule has 94 valence electrons. The Morgan fingerprint density at radius 3 is 2.67 bits per heavy atom. The number of hydrogen-bond acceptors (Lipinski definition) is 3. The Morgan fingerprint density at radius 2 is 2.00 bits per heavy atom. The monoisotopic (exact) mass is 262 g/mol. The first kappa shape index (κ1) is 12.6. The van der Waals surface area contributed by atoms with Crippen LogP contribution in [0.15, 0.2) is 42.5 Å². The highest BCUT2D eigenvalue weighted by molar-refractivity contribution is 6.32. The maximum absolute atomic E-state index is 6.05. The van der Waals surface area contributed by atoms with Crippen molar-refractivity contribution in [3.63, 3.8) is 0 Å². The van der Waals surface area contributed by atoms with Gasteiger partial charge in [-0.2, -0.15) is 0 Å². The number of halogens is 1. The lowest BCUT2D eigenvalue weighted by Crippen LogP contribution is -2.02. The zero-order chi connectivity index (χ0) is 13.0. The number of nitrogens with two attached hydrogens (primary N) is 1. The van der Waals surface area contributed by atoms with Gasteiger partial charge in [-0.05, 0) is 29.8 Å². The number of hydrogen-bond donors (Lipinski definition) is 2. The molecular weight excluding hydrogens is 248 g/mol. The summed E-state index contributed by atoms with van der Waals surface area (Å²) < 4.78 is 5.10. The van der Waals surface area contributed by atoms with Crippen molar-refractivity contribution < 1.29 is 4.74 Å². The van der Waals surface area contributed by atoms with Crippen LogP contribution in [-0.2, 0) is 6.54 Å². The summed E-state index contributed by atoms with van der Waals surface area (Å²) >= 11 is 6.05. The molecule has 0 aliphatic carbocycles. The van der Waals surface area contributed by atoms with E-state index in [0.717, 1.165) is 16.9 Å². The van der Waals surface area contributed by atoms with Gasteiger partial charge < -0.3 is 15.8 Å². The summed E-state index contributed by atoms with van der Waals surface area (Å²) in [6.45, 7) is 0.662. The van der Waals surface area contributed by atoms with Crippen molar-refractivity contribution >= 4 is 23.0 Å². The van der Waals surface area contributed by atoms with Gasteiger partial charge in [-0.3, -0.25) is 0 Å². The third-order valence-electron chi connectivity index (χ3n) is 2.69. The Labute approximate surface area is 112 Å². The normalized spacial score (nSPS) is 10.1. The molecule has 0 saturated carbocycles. The summed E-state index contributed by atoms with van der Waals surface area (Å²) in [6, 6.07) is 13.4. The summed E-state index contributed by atoms with van der Waals surface area (Å²) in [5.41, 5.74) is 8.65. The van der Waals surface area contributed by atoms with Crippen molar-refractivity contribution in [3.8, 4) is 5.75 Å². The topological polar surface area (TPSA) is 47.3 Å². The van der Waals surface area contributed by atoms with Crippen molar-refractivity contribution in [1.29, 1.82) is 0 Å². The minimum absolute atomic E-state index is 0.587. The molecule has 0 atom stereocenters. The second kappa shape index (κ2) is 5.65. The van der Waals surface area contributed by atoms with Crippen LogP contribution in [0.4, 0.5) is 11.4 Å². The van der Waals surface area contributed by atoms with Crippen LogP contribution in [0.3, 0.4) is 0 Å². The lowest BCUT2D eigenvalue weighted by atomic mass is 10.2. The molecular formula is C14H15ClN2O. The predicted molar refractivity (Wildman–Crippen MR) is 76.2 cm³/mol. The number of nitrogens with one attached hydrogen (secondary N) is 1. The van der Waals surface area contributed by atoms with E-state index >= 15 is 0 Å². The zero-order valence-electron chi connectivity index (χ0n) is 10.1. The quantitative estimate of drug-likeness (QED) is 0.829. The maximum Gasteiger partial charge on any atom is 0.137 e. The van der Waals surface area contributed by atoms with Crippen molar-refractivity contribution in [1.82, 2.24) is 0 Å². The third kappa shape index (κ3) is 2.87. The molecule has 0 radical (unpaired) electrons. The minimum Gasteiger partial charge on any atom is -0.495 e. The van der Waals surface area contributed by atoms with E-state index < -0.39 is 0 Å². The van der Waals surface area contributed by atoms with Crippen molar-refractivity contribution in [2.24, 2.45) is 0 Å². The maximum atomic E-state index is 6.05. The standard InChI is InChI=1S/C14H15ClN2O/c1-18-14-7-6-11(8-12(14)15)17-9-10-4-2-3-5-13(10)16/h2-8,17H,9,16H2,1H3. The number of benzene rings is 2. The van der Waals surface area contributed by atoms with Crippen LogP contribution in [0.5, 0.6) is 5.75 Å². The van der Waals surface area contributed by atoms with E-state index in [4.69, 9.17) is 22.1 Å². The molecule has 2 aromatic carbocycles. The number of anilines is 2. The van der Waals surface area contributed by atoms with Gasteiger partial charge in [0.2, 0.25) is 0 Å². The van der Waals surface area contributed by atoms with Crippen LogP contribution in [0.25, 0.3) is 0 Å². The van der Waals surface area contributed by atoms with Gasteiger partial charge >= 0.3 is 0 Å². The van der Waals surface area contributed by atoms with E-state index in [1.807, 2.05) is 42.5 Å². The average Bonchev–Trinajstić information content (AvgIpc) is 2.38. The number of ether oxygens (including phenoxy) is 1. The number of rotatable bonds is 4. The van der Waals surface area contributed by atoms with E-state index in [9.17, 15) is 0 Å². The highest BCUT2D eigenvalue weighted by Crippen LogP contribution is 2.27. The first-order valence-corrected chi connectivity index (χ1v) is 5.99. The Balaban J connectivity index is 2.07. The van der Waals surface area contributed by atoms with Crippen LogP contribution < -0.4 is 15.8 Å². The summed E-state index contributed by atoms with van der Waals surface area (Å²) in [6.07, 6.45) is 0. The van der Waals surface area contributed by atoms with E-state index in [-0.39, 0.29) is 0 Å². The Bertz CT molecular complexity index is 543. The molecule has 0 aliphatic heterocycles. The molecule has 2 aromatic rings. The van der Waals surface area contributed by atoms with Gasteiger partial charge in [-0.1, -0.05) is 29.8 Å². The molecule has 0 spiro atoms. The summed E-state index contributed by atoms with van der Waals surface area (Å²) in [7, 11) is 1.60. The van der Waals surface area contributed by atoms with Gasteiger partial charge in [0.1, 0.15) is 5.75 Å². The van der Waals surface area contributed by atoms with E-state index in [1.54, 1.807) is 7.11 Å². The fourth-order valence-corrected chi connectivity index (χ4v) is 1.93. The van der Waals surface area contributed by atoms with Gasteiger partial charge in [0.25, 0.3) is 0 Å². The zero-order valence-corrected chi connectivity index (χ0v) is 10.9. The molecule has 3 N–H and O–H groups in total. The molecule has 18 heavy (non-hydrogen) atoms. The molecule has 0 aliphatic rings. The fraction of sp³-hybridized carbons (Fsp3) is 0.143. The number of nitrogen functional groups attached to an aromatic ring is 1. The largest absolute Gasteiger partial charge is 0.495 e. The second-order valence-corrected chi connectivity index (χ2v) is 4.31. The van der Waals surface area contributed by atoms with Crippen molar-refractivity contribution in [3.05, 3.63) is 53.1 Å². The van der Waals surface area contributed by atoms with Gasteiger partial charge in [0, 0.05) is 17.9 Å². The van der Waals surface area contributed by atoms with Gasteiger partial charge in [-0.15, -0.1) is 0 Å². The molecule has 0 unspecified atom stereocenters. The molecule has 0 fully saturated rings. The summed E-state index contributed by atoms with van der Waals surface area (Å²) in [5, 5.41) is 3.86. The number of methoxy groups -OCH3 is 1. The minimum atomic E-state index is 0.587. The first-order chi connectivity index (χ1) is 8.70. The molecule has 0 heterocycles. The molecule has 4 heteroatoms. The van der Waals surface area contributed by atoms with Crippen LogP contribution >= 0.6 is 11.6 Å².